The Hall–Kier alpha value is -0.860. The molecule has 0 aliphatic rings. The van der Waals surface area contributed by atoms with Crippen LogP contribution in [-0.2, 0) is 11.3 Å². The second-order valence-electron chi connectivity index (χ2n) is 2.98. The third-order valence-corrected chi connectivity index (χ3v) is 1.77. The molecule has 2 heteroatoms. The van der Waals surface area contributed by atoms with Crippen LogP contribution in [0, 0.1) is 6.42 Å². The van der Waals surface area contributed by atoms with E-state index in [9.17, 15) is 0 Å². The van der Waals surface area contributed by atoms with Crippen LogP contribution in [0.4, 0.5) is 0 Å². The van der Waals surface area contributed by atoms with Gasteiger partial charge in [-0.3, -0.25) is 0 Å². The average molecular weight is 178 g/mol. The molecule has 71 valence electrons. The van der Waals surface area contributed by atoms with Gasteiger partial charge in [0, 0.05) is 0 Å². The van der Waals surface area contributed by atoms with Crippen LogP contribution in [0.1, 0.15) is 18.9 Å². The molecular formula is C11H16NO. The SMILES string of the molecule is C[CH]CC(N)OCc1ccccc1. The van der Waals surface area contributed by atoms with Crippen LogP contribution >= 0.6 is 0 Å². The molecule has 1 aromatic rings. The van der Waals surface area contributed by atoms with E-state index in [0.717, 1.165) is 12.0 Å². The van der Waals surface area contributed by atoms with Crippen LogP contribution in [0.2, 0.25) is 0 Å². The van der Waals surface area contributed by atoms with Crippen LogP contribution in [-0.4, -0.2) is 6.23 Å². The fraction of sp³-hybridized carbons (Fsp3) is 0.364. The maximum absolute atomic E-state index is 5.68. The Labute approximate surface area is 79.7 Å². The van der Waals surface area contributed by atoms with E-state index in [1.807, 2.05) is 43.7 Å². The molecule has 1 rings (SSSR count). The highest BCUT2D eigenvalue weighted by Gasteiger charge is 2.00. The molecule has 13 heavy (non-hydrogen) atoms. The third-order valence-electron chi connectivity index (χ3n) is 1.77. The molecule has 1 unspecified atom stereocenters. The van der Waals surface area contributed by atoms with Crippen molar-refractivity contribution in [1.29, 1.82) is 0 Å². The van der Waals surface area contributed by atoms with Crippen molar-refractivity contribution in [3.05, 3.63) is 42.3 Å². The Balaban J connectivity index is 2.27. The predicted octanol–water partition coefficient (Wildman–Crippen LogP) is 2.10. The Morgan fingerprint density at radius 1 is 1.38 bits per heavy atom. The van der Waals surface area contributed by atoms with Crippen LogP contribution in [0.3, 0.4) is 0 Å². The first-order valence-electron chi connectivity index (χ1n) is 4.52. The lowest BCUT2D eigenvalue weighted by molar-refractivity contribution is 0.0448. The number of hydrogen-bond donors (Lipinski definition) is 1. The van der Waals surface area contributed by atoms with E-state index in [1.54, 1.807) is 0 Å². The molecule has 2 nitrogen and oxygen atoms in total. The minimum Gasteiger partial charge on any atom is -0.359 e. The van der Waals surface area contributed by atoms with Gasteiger partial charge in [-0.15, -0.1) is 0 Å². The maximum atomic E-state index is 5.68. The summed E-state index contributed by atoms with van der Waals surface area (Å²) in [6.45, 7) is 2.57. The van der Waals surface area contributed by atoms with Crippen LogP contribution in [0.15, 0.2) is 30.3 Å². The average Bonchev–Trinajstić information content (AvgIpc) is 2.17. The number of nitrogens with two attached hydrogens (primary N) is 1. The largest absolute Gasteiger partial charge is 0.359 e. The van der Waals surface area contributed by atoms with Gasteiger partial charge >= 0.3 is 0 Å². The highest BCUT2D eigenvalue weighted by molar-refractivity contribution is 5.13. The number of hydrogen-bond acceptors (Lipinski definition) is 2. The topological polar surface area (TPSA) is 35.2 Å². The standard InChI is InChI=1S/C11H16NO/c1-2-6-11(12)13-9-10-7-4-3-5-8-10/h2-5,7-8,11H,6,9,12H2,1H3. The third kappa shape index (κ3) is 4.06. The van der Waals surface area contributed by atoms with Crippen LogP contribution in [0.25, 0.3) is 0 Å². The van der Waals surface area contributed by atoms with E-state index < -0.39 is 0 Å². The zero-order valence-electron chi connectivity index (χ0n) is 7.94. The van der Waals surface area contributed by atoms with E-state index in [-0.39, 0.29) is 6.23 Å². The minimum absolute atomic E-state index is 0.176. The van der Waals surface area contributed by atoms with Gasteiger partial charge in [0.15, 0.2) is 0 Å². The van der Waals surface area contributed by atoms with E-state index in [1.165, 1.54) is 0 Å². The summed E-state index contributed by atoms with van der Waals surface area (Å²) in [6, 6.07) is 10.0. The molecule has 1 atom stereocenters. The van der Waals surface area contributed by atoms with Crippen LogP contribution < -0.4 is 5.73 Å². The summed E-state index contributed by atoms with van der Waals surface area (Å²) < 4.78 is 5.41. The molecule has 0 amide bonds. The molecule has 0 heterocycles. The van der Waals surface area contributed by atoms with Crippen molar-refractivity contribution >= 4 is 0 Å². The fourth-order valence-corrected chi connectivity index (χ4v) is 1.08. The van der Waals surface area contributed by atoms with Crippen molar-refractivity contribution in [2.75, 3.05) is 0 Å². The Bertz CT molecular complexity index is 223. The second-order valence-corrected chi connectivity index (χ2v) is 2.98. The smallest absolute Gasteiger partial charge is 0.106 e. The van der Waals surface area contributed by atoms with Gasteiger partial charge < -0.3 is 10.5 Å². The Morgan fingerprint density at radius 2 is 2.08 bits per heavy atom. The Kier molecular flexibility index (Phi) is 4.50. The maximum Gasteiger partial charge on any atom is 0.106 e. The van der Waals surface area contributed by atoms with Gasteiger partial charge in [0.1, 0.15) is 6.23 Å². The van der Waals surface area contributed by atoms with Crippen molar-refractivity contribution in [1.82, 2.24) is 0 Å². The van der Waals surface area contributed by atoms with Crippen molar-refractivity contribution in [3.63, 3.8) is 0 Å². The molecule has 0 aliphatic carbocycles. The lowest BCUT2D eigenvalue weighted by Crippen LogP contribution is -2.23. The molecule has 0 bridgehead atoms. The first kappa shape index (κ1) is 10.2. The Morgan fingerprint density at radius 3 is 2.69 bits per heavy atom. The van der Waals surface area contributed by atoms with Crippen molar-refractivity contribution in [2.45, 2.75) is 26.2 Å². The highest BCUT2D eigenvalue weighted by atomic mass is 16.5. The molecule has 0 saturated heterocycles. The molecule has 0 spiro atoms. The van der Waals surface area contributed by atoms with E-state index in [2.05, 4.69) is 0 Å². The zero-order chi connectivity index (χ0) is 9.52. The first-order chi connectivity index (χ1) is 6.33. The van der Waals surface area contributed by atoms with Gasteiger partial charge in [0.2, 0.25) is 0 Å². The minimum atomic E-state index is -0.176. The lowest BCUT2D eigenvalue weighted by atomic mass is 10.2. The quantitative estimate of drug-likeness (QED) is 0.701. The van der Waals surface area contributed by atoms with Gasteiger partial charge in [0.25, 0.3) is 0 Å². The number of benzene rings is 1. The first-order valence-corrected chi connectivity index (χ1v) is 4.52. The summed E-state index contributed by atoms with van der Waals surface area (Å²) in [6.07, 6.45) is 2.63. The second kappa shape index (κ2) is 5.73. The van der Waals surface area contributed by atoms with Gasteiger partial charge in [-0.25, -0.2) is 0 Å². The van der Waals surface area contributed by atoms with Gasteiger partial charge in [0.05, 0.1) is 6.61 Å². The summed E-state index contributed by atoms with van der Waals surface area (Å²) in [7, 11) is 0. The summed E-state index contributed by atoms with van der Waals surface area (Å²) in [5, 5.41) is 0. The monoisotopic (exact) mass is 178 g/mol. The van der Waals surface area contributed by atoms with E-state index in [4.69, 9.17) is 10.5 Å². The molecule has 2 N–H and O–H groups in total. The van der Waals surface area contributed by atoms with E-state index >= 15 is 0 Å². The van der Waals surface area contributed by atoms with Crippen molar-refractivity contribution < 1.29 is 4.74 Å². The lowest BCUT2D eigenvalue weighted by Gasteiger charge is -2.11. The number of ether oxygens (including phenoxy) is 1. The molecule has 0 saturated carbocycles. The van der Waals surface area contributed by atoms with E-state index in [0.29, 0.717) is 6.61 Å². The van der Waals surface area contributed by atoms with Crippen molar-refractivity contribution in [3.8, 4) is 0 Å². The van der Waals surface area contributed by atoms with Crippen LogP contribution in [0.5, 0.6) is 0 Å². The predicted molar refractivity (Wildman–Crippen MR) is 53.8 cm³/mol. The van der Waals surface area contributed by atoms with Crippen molar-refractivity contribution in [2.24, 2.45) is 5.73 Å². The zero-order valence-corrected chi connectivity index (χ0v) is 7.94. The molecule has 0 aromatic heterocycles. The molecular weight excluding hydrogens is 162 g/mol. The normalized spacial score (nSPS) is 12.8. The molecule has 0 aliphatic heterocycles. The summed E-state index contributed by atoms with van der Waals surface area (Å²) in [4.78, 5) is 0. The van der Waals surface area contributed by atoms with Gasteiger partial charge in [-0.2, -0.15) is 0 Å². The fourth-order valence-electron chi connectivity index (χ4n) is 1.08. The van der Waals surface area contributed by atoms with Gasteiger partial charge in [-0.1, -0.05) is 37.3 Å². The molecule has 0 fully saturated rings. The molecule has 1 aromatic carbocycles. The summed E-state index contributed by atoms with van der Waals surface area (Å²) >= 11 is 0. The highest BCUT2D eigenvalue weighted by Crippen LogP contribution is 2.03. The van der Waals surface area contributed by atoms with Gasteiger partial charge in [-0.05, 0) is 18.4 Å². The summed E-state index contributed by atoms with van der Waals surface area (Å²) in [5.41, 5.74) is 6.84. The summed E-state index contributed by atoms with van der Waals surface area (Å²) in [5.74, 6) is 0. The molecule has 1 radical (unpaired) electrons. The number of rotatable bonds is 5.